The van der Waals surface area contributed by atoms with E-state index in [0.29, 0.717) is 5.69 Å². The van der Waals surface area contributed by atoms with E-state index in [4.69, 9.17) is 5.11 Å². The van der Waals surface area contributed by atoms with Gasteiger partial charge in [-0.2, -0.15) is 0 Å². The summed E-state index contributed by atoms with van der Waals surface area (Å²) < 4.78 is 1.31. The third-order valence-corrected chi connectivity index (χ3v) is 2.80. The number of aromatic amines is 1. The highest BCUT2D eigenvalue weighted by atomic mass is 16.4. The second kappa shape index (κ2) is 6.56. The Bertz CT molecular complexity index is 688. The number of rotatable bonds is 6. The number of hydrogen-bond acceptors (Lipinski definition) is 3. The smallest absolute Gasteiger partial charge is 0.303 e. The molecule has 2 rings (SSSR count). The van der Waals surface area contributed by atoms with Gasteiger partial charge in [-0.15, -0.1) is 0 Å². The second-order valence-electron chi connectivity index (χ2n) is 4.47. The quantitative estimate of drug-likeness (QED) is 0.746. The minimum atomic E-state index is -0.938. The van der Waals surface area contributed by atoms with Crippen molar-refractivity contribution in [1.82, 2.24) is 9.78 Å². The van der Waals surface area contributed by atoms with Crippen LogP contribution in [0.1, 0.15) is 19.3 Å². The van der Waals surface area contributed by atoms with Gasteiger partial charge in [0.1, 0.15) is 5.82 Å². The third-order valence-electron chi connectivity index (χ3n) is 2.80. The fourth-order valence-corrected chi connectivity index (χ4v) is 1.84. The number of hydrogen-bond donors (Lipinski definition) is 3. The number of anilines is 1. The van der Waals surface area contributed by atoms with Crippen LogP contribution in [0.2, 0.25) is 0 Å². The average molecular weight is 289 g/mol. The van der Waals surface area contributed by atoms with Crippen LogP contribution < -0.4 is 10.9 Å². The summed E-state index contributed by atoms with van der Waals surface area (Å²) in [6, 6.07) is 10.2. The Hall–Kier alpha value is -2.83. The number of nitrogens with one attached hydrogen (secondary N) is 2. The van der Waals surface area contributed by atoms with Crippen molar-refractivity contribution in [3.63, 3.8) is 0 Å². The van der Waals surface area contributed by atoms with Gasteiger partial charge in [-0.1, -0.05) is 18.2 Å². The fourth-order valence-electron chi connectivity index (χ4n) is 1.84. The molecular weight excluding hydrogens is 274 g/mol. The Morgan fingerprint density at radius 3 is 2.57 bits per heavy atom. The van der Waals surface area contributed by atoms with Crippen LogP contribution in [0.5, 0.6) is 0 Å². The zero-order valence-electron chi connectivity index (χ0n) is 11.2. The molecule has 1 aromatic carbocycles. The summed E-state index contributed by atoms with van der Waals surface area (Å²) in [5.41, 5.74) is 0.371. The van der Waals surface area contributed by atoms with Crippen molar-refractivity contribution in [3.05, 3.63) is 46.8 Å². The van der Waals surface area contributed by atoms with Crippen LogP contribution in [-0.2, 0) is 9.59 Å². The van der Waals surface area contributed by atoms with Gasteiger partial charge in [0.25, 0.3) is 5.56 Å². The highest BCUT2D eigenvalue weighted by Crippen LogP contribution is 2.07. The van der Waals surface area contributed by atoms with Crippen LogP contribution in [0.4, 0.5) is 5.82 Å². The van der Waals surface area contributed by atoms with Gasteiger partial charge in [0.05, 0.1) is 5.69 Å². The molecule has 0 bridgehead atoms. The molecule has 0 aliphatic heterocycles. The van der Waals surface area contributed by atoms with E-state index in [-0.39, 0.29) is 36.5 Å². The van der Waals surface area contributed by atoms with E-state index < -0.39 is 5.97 Å². The Labute approximate surface area is 120 Å². The van der Waals surface area contributed by atoms with Gasteiger partial charge < -0.3 is 10.4 Å². The summed E-state index contributed by atoms with van der Waals surface area (Å²) in [6.07, 6.45) is 0.282. The lowest BCUT2D eigenvalue weighted by Crippen LogP contribution is -2.13. The van der Waals surface area contributed by atoms with E-state index in [2.05, 4.69) is 10.4 Å². The normalized spacial score (nSPS) is 10.3. The lowest BCUT2D eigenvalue weighted by Gasteiger charge is -2.03. The number of carbonyl (C=O) groups excluding carboxylic acids is 1. The molecule has 0 saturated heterocycles. The van der Waals surface area contributed by atoms with Crippen molar-refractivity contribution in [1.29, 1.82) is 0 Å². The molecule has 1 heterocycles. The minimum absolute atomic E-state index is 0.0605. The van der Waals surface area contributed by atoms with Crippen LogP contribution in [0.25, 0.3) is 5.69 Å². The van der Waals surface area contributed by atoms with Gasteiger partial charge >= 0.3 is 5.97 Å². The highest BCUT2D eigenvalue weighted by Gasteiger charge is 2.08. The molecule has 0 aliphatic carbocycles. The molecule has 0 aliphatic rings. The van der Waals surface area contributed by atoms with Crippen LogP contribution in [0.3, 0.4) is 0 Å². The number of H-pyrrole nitrogens is 1. The number of carboxylic acid groups (broad SMARTS) is 1. The van der Waals surface area contributed by atoms with Gasteiger partial charge in [0.2, 0.25) is 5.91 Å². The van der Waals surface area contributed by atoms with Crippen LogP contribution in [-0.4, -0.2) is 26.8 Å². The first-order chi connectivity index (χ1) is 10.1. The van der Waals surface area contributed by atoms with Crippen LogP contribution in [0.15, 0.2) is 41.2 Å². The minimum Gasteiger partial charge on any atom is -0.481 e. The summed E-state index contributed by atoms with van der Waals surface area (Å²) in [7, 11) is 0. The fraction of sp³-hybridized carbons (Fsp3) is 0.214. The lowest BCUT2D eigenvalue weighted by molar-refractivity contribution is -0.137. The number of aromatic nitrogens is 2. The molecule has 2 aromatic rings. The molecule has 0 fully saturated rings. The molecule has 0 saturated carbocycles. The summed E-state index contributed by atoms with van der Waals surface area (Å²) in [6.45, 7) is 0. The first-order valence-electron chi connectivity index (χ1n) is 6.45. The molecule has 0 atom stereocenters. The number of amides is 1. The monoisotopic (exact) mass is 289 g/mol. The highest BCUT2D eigenvalue weighted by molar-refractivity contribution is 5.89. The number of carboxylic acids is 1. The van der Waals surface area contributed by atoms with E-state index in [0.717, 1.165) is 0 Å². The Kier molecular flexibility index (Phi) is 4.55. The molecule has 0 radical (unpaired) electrons. The summed E-state index contributed by atoms with van der Waals surface area (Å²) in [5.74, 6) is -0.992. The second-order valence-corrected chi connectivity index (χ2v) is 4.47. The lowest BCUT2D eigenvalue weighted by atomic mass is 10.2. The Balaban J connectivity index is 2.01. The summed E-state index contributed by atoms with van der Waals surface area (Å²) in [5, 5.41) is 13.8. The first-order valence-corrected chi connectivity index (χ1v) is 6.45. The van der Waals surface area contributed by atoms with Crippen LogP contribution >= 0.6 is 0 Å². The van der Waals surface area contributed by atoms with E-state index in [1.165, 1.54) is 10.7 Å². The number of para-hydroxylation sites is 1. The maximum absolute atomic E-state index is 11.8. The maximum Gasteiger partial charge on any atom is 0.303 e. The van der Waals surface area contributed by atoms with E-state index in [1.807, 2.05) is 6.07 Å². The van der Waals surface area contributed by atoms with E-state index >= 15 is 0 Å². The number of aliphatic carboxylic acids is 1. The molecular formula is C14H15N3O4. The Morgan fingerprint density at radius 1 is 1.19 bits per heavy atom. The molecule has 7 nitrogen and oxygen atoms in total. The molecule has 1 aromatic heterocycles. The predicted octanol–water partition coefficient (Wildman–Crippen LogP) is 1.36. The molecule has 110 valence electrons. The maximum atomic E-state index is 11.8. The van der Waals surface area contributed by atoms with Gasteiger partial charge in [-0.05, 0) is 18.6 Å². The molecule has 21 heavy (non-hydrogen) atoms. The molecule has 7 heteroatoms. The summed E-state index contributed by atoms with van der Waals surface area (Å²) in [4.78, 5) is 33.8. The Morgan fingerprint density at radius 2 is 1.90 bits per heavy atom. The van der Waals surface area contributed by atoms with Crippen molar-refractivity contribution < 1.29 is 14.7 Å². The number of carbonyl (C=O) groups is 2. The number of nitrogens with zero attached hydrogens (tertiary/aromatic N) is 1. The predicted molar refractivity (Wildman–Crippen MR) is 76.5 cm³/mol. The van der Waals surface area contributed by atoms with Gasteiger partial charge in [-0.25, -0.2) is 4.68 Å². The van der Waals surface area contributed by atoms with Gasteiger partial charge in [-0.3, -0.25) is 19.5 Å². The van der Waals surface area contributed by atoms with Crippen molar-refractivity contribution in [2.24, 2.45) is 0 Å². The van der Waals surface area contributed by atoms with Crippen molar-refractivity contribution in [2.45, 2.75) is 19.3 Å². The third kappa shape index (κ3) is 4.07. The largest absolute Gasteiger partial charge is 0.481 e. The van der Waals surface area contributed by atoms with Gasteiger partial charge in [0.15, 0.2) is 0 Å². The standard InChI is InChI=1S/C14H15N3O4/c18-12(7-4-8-14(20)21)15-11-9-13(19)17(16-11)10-5-2-1-3-6-10/h1-3,5-6,9,16H,4,7-8H2,(H,15,18)(H,20,21). The average Bonchev–Trinajstić information content (AvgIpc) is 2.80. The van der Waals surface area contributed by atoms with Gasteiger partial charge in [0, 0.05) is 18.9 Å². The molecule has 1 amide bonds. The zero-order valence-corrected chi connectivity index (χ0v) is 11.2. The SMILES string of the molecule is O=C(O)CCCC(=O)Nc1cc(=O)n(-c2ccccc2)[nH]1. The van der Waals surface area contributed by atoms with E-state index in [1.54, 1.807) is 24.3 Å². The van der Waals surface area contributed by atoms with Crippen molar-refractivity contribution in [2.75, 3.05) is 5.32 Å². The molecule has 0 spiro atoms. The number of benzene rings is 1. The molecule has 0 unspecified atom stereocenters. The topological polar surface area (TPSA) is 104 Å². The zero-order chi connectivity index (χ0) is 15.2. The van der Waals surface area contributed by atoms with Crippen molar-refractivity contribution in [3.8, 4) is 5.69 Å². The van der Waals surface area contributed by atoms with E-state index in [9.17, 15) is 14.4 Å². The van der Waals surface area contributed by atoms with Crippen molar-refractivity contribution >= 4 is 17.7 Å². The first kappa shape index (κ1) is 14.6. The van der Waals surface area contributed by atoms with Crippen LogP contribution in [0, 0.1) is 0 Å². The molecule has 3 N–H and O–H groups in total. The summed E-state index contributed by atoms with van der Waals surface area (Å²) >= 11 is 0.